The predicted octanol–water partition coefficient (Wildman–Crippen LogP) is 7.14. The molecule has 37 heavy (non-hydrogen) atoms. The second kappa shape index (κ2) is 20.7. The van der Waals surface area contributed by atoms with Crippen molar-refractivity contribution in [1.82, 2.24) is 0 Å². The Balaban J connectivity index is 1.84. The fourth-order valence-corrected chi connectivity index (χ4v) is 3.89. The zero-order valence-electron chi connectivity index (χ0n) is 23.2. The molecule has 0 spiro atoms. The van der Waals surface area contributed by atoms with Crippen LogP contribution < -0.4 is 4.90 Å². The maximum atomic E-state index is 5.67. The first-order valence-electron chi connectivity index (χ1n) is 13.8. The van der Waals surface area contributed by atoms with Crippen molar-refractivity contribution in [1.29, 1.82) is 0 Å². The van der Waals surface area contributed by atoms with Crippen LogP contribution >= 0.6 is 0 Å². The van der Waals surface area contributed by atoms with E-state index in [9.17, 15) is 0 Å². The van der Waals surface area contributed by atoms with E-state index in [1.54, 1.807) is 14.2 Å². The standard InChI is InChI=1S/C30H47N3O4/c1-4-5-6-7-8-9-10-27-11-13-28(14-12-27)31-32-29-15-17-30(18-16-29)33(19-21-36-25-23-34-2)20-22-37-26-24-35-3/h11-18H,4-10,19-26H2,1-3H3. The molecule has 2 aromatic carbocycles. The molecule has 0 N–H and O–H groups in total. The third kappa shape index (κ3) is 14.3. The van der Waals surface area contributed by atoms with E-state index >= 15 is 0 Å². The summed E-state index contributed by atoms with van der Waals surface area (Å²) in [5, 5.41) is 8.86. The summed E-state index contributed by atoms with van der Waals surface area (Å²) in [7, 11) is 3.36. The van der Waals surface area contributed by atoms with E-state index in [4.69, 9.17) is 18.9 Å². The fraction of sp³-hybridized carbons (Fsp3) is 0.600. The summed E-state index contributed by atoms with van der Waals surface area (Å²) >= 11 is 0. The molecule has 0 amide bonds. The van der Waals surface area contributed by atoms with Gasteiger partial charge in [-0.05, 0) is 54.8 Å². The summed E-state index contributed by atoms with van der Waals surface area (Å²) in [6, 6.07) is 16.6. The highest BCUT2D eigenvalue weighted by molar-refractivity contribution is 5.53. The number of azo groups is 1. The highest BCUT2D eigenvalue weighted by atomic mass is 16.5. The quantitative estimate of drug-likeness (QED) is 0.124. The van der Waals surface area contributed by atoms with Gasteiger partial charge in [0.05, 0.1) is 51.0 Å². The van der Waals surface area contributed by atoms with E-state index in [1.807, 2.05) is 12.1 Å². The smallest absolute Gasteiger partial charge is 0.0858 e. The molecule has 0 heterocycles. The molecule has 0 atom stereocenters. The van der Waals surface area contributed by atoms with Gasteiger partial charge in [-0.3, -0.25) is 0 Å². The molecule has 0 fully saturated rings. The van der Waals surface area contributed by atoms with Crippen molar-refractivity contribution in [2.24, 2.45) is 10.2 Å². The Hall–Kier alpha value is -2.32. The van der Waals surface area contributed by atoms with Gasteiger partial charge in [0.2, 0.25) is 0 Å². The topological polar surface area (TPSA) is 64.9 Å². The van der Waals surface area contributed by atoms with Crippen LogP contribution in [0.5, 0.6) is 0 Å². The lowest BCUT2D eigenvalue weighted by molar-refractivity contribution is 0.0677. The van der Waals surface area contributed by atoms with E-state index in [-0.39, 0.29) is 0 Å². The number of ether oxygens (including phenoxy) is 4. The van der Waals surface area contributed by atoms with Crippen molar-refractivity contribution in [3.05, 3.63) is 54.1 Å². The molecule has 2 aromatic rings. The van der Waals surface area contributed by atoms with Gasteiger partial charge in [0, 0.05) is 33.0 Å². The molecule has 7 nitrogen and oxygen atoms in total. The fourth-order valence-electron chi connectivity index (χ4n) is 3.89. The van der Waals surface area contributed by atoms with Crippen molar-refractivity contribution in [3.63, 3.8) is 0 Å². The van der Waals surface area contributed by atoms with Gasteiger partial charge in [0.1, 0.15) is 0 Å². The van der Waals surface area contributed by atoms with Crippen molar-refractivity contribution >= 4 is 17.1 Å². The Labute approximate surface area is 224 Å². The van der Waals surface area contributed by atoms with Crippen LogP contribution in [0.2, 0.25) is 0 Å². The lowest BCUT2D eigenvalue weighted by Gasteiger charge is -2.25. The van der Waals surface area contributed by atoms with Crippen molar-refractivity contribution in [2.75, 3.05) is 71.9 Å². The van der Waals surface area contributed by atoms with Gasteiger partial charge in [-0.25, -0.2) is 0 Å². The Bertz CT molecular complexity index is 814. The number of anilines is 1. The van der Waals surface area contributed by atoms with Crippen molar-refractivity contribution in [2.45, 2.75) is 51.9 Å². The van der Waals surface area contributed by atoms with Crippen molar-refractivity contribution in [3.8, 4) is 0 Å². The molecule has 0 aliphatic heterocycles. The first-order chi connectivity index (χ1) is 18.3. The maximum absolute atomic E-state index is 5.67. The molecule has 0 aromatic heterocycles. The first kappa shape index (κ1) is 30.9. The minimum atomic E-state index is 0.591. The summed E-state index contributed by atoms with van der Waals surface area (Å²) in [6.07, 6.45) is 9.08. The van der Waals surface area contributed by atoms with Crippen LogP contribution in [0.3, 0.4) is 0 Å². The molecule has 7 heteroatoms. The Morgan fingerprint density at radius 1 is 0.595 bits per heavy atom. The van der Waals surface area contributed by atoms with Crippen LogP contribution in [-0.2, 0) is 25.4 Å². The molecule has 0 aliphatic rings. The highest BCUT2D eigenvalue weighted by Crippen LogP contribution is 2.23. The molecule has 206 valence electrons. The monoisotopic (exact) mass is 513 g/mol. The summed E-state index contributed by atoms with van der Waals surface area (Å²) in [6.45, 7) is 7.42. The van der Waals surface area contributed by atoms with Gasteiger partial charge < -0.3 is 23.8 Å². The second-order valence-corrected chi connectivity index (χ2v) is 9.10. The van der Waals surface area contributed by atoms with Gasteiger partial charge in [-0.2, -0.15) is 10.2 Å². The average molecular weight is 514 g/mol. The molecule has 0 radical (unpaired) electrons. The Morgan fingerprint density at radius 2 is 1.11 bits per heavy atom. The number of hydrogen-bond acceptors (Lipinski definition) is 7. The van der Waals surface area contributed by atoms with E-state index in [1.165, 1.54) is 44.1 Å². The average Bonchev–Trinajstić information content (AvgIpc) is 2.93. The van der Waals surface area contributed by atoms with Crippen LogP contribution in [0.4, 0.5) is 17.1 Å². The minimum Gasteiger partial charge on any atom is -0.382 e. The normalized spacial score (nSPS) is 11.4. The lowest BCUT2D eigenvalue weighted by Crippen LogP contribution is -2.31. The zero-order valence-corrected chi connectivity index (χ0v) is 23.2. The van der Waals surface area contributed by atoms with E-state index in [0.29, 0.717) is 39.6 Å². The molecule has 0 bridgehead atoms. The molecule has 0 unspecified atom stereocenters. The van der Waals surface area contributed by atoms with Gasteiger partial charge >= 0.3 is 0 Å². The number of hydrogen-bond donors (Lipinski definition) is 0. The lowest BCUT2D eigenvalue weighted by atomic mass is 10.0. The molecule has 0 saturated heterocycles. The van der Waals surface area contributed by atoms with E-state index < -0.39 is 0 Å². The third-order valence-corrected chi connectivity index (χ3v) is 6.13. The van der Waals surface area contributed by atoms with Crippen LogP contribution in [-0.4, -0.2) is 67.0 Å². The van der Waals surface area contributed by atoms with Gasteiger partial charge in [-0.1, -0.05) is 51.2 Å². The van der Waals surface area contributed by atoms with Crippen LogP contribution in [0.25, 0.3) is 0 Å². The zero-order chi connectivity index (χ0) is 26.4. The van der Waals surface area contributed by atoms with Gasteiger partial charge in [-0.15, -0.1) is 0 Å². The number of rotatable bonds is 22. The van der Waals surface area contributed by atoms with E-state index in [0.717, 1.165) is 36.6 Å². The summed E-state index contributed by atoms with van der Waals surface area (Å²) < 4.78 is 21.4. The molecular weight excluding hydrogens is 466 g/mol. The number of aryl methyl sites for hydroxylation is 1. The molecule has 0 aliphatic carbocycles. The molecule has 0 saturated carbocycles. The predicted molar refractivity (Wildman–Crippen MR) is 152 cm³/mol. The Kier molecular flexibility index (Phi) is 17.3. The largest absolute Gasteiger partial charge is 0.382 e. The van der Waals surface area contributed by atoms with E-state index in [2.05, 4.69) is 58.5 Å². The molecule has 2 rings (SSSR count). The van der Waals surface area contributed by atoms with Crippen LogP contribution in [0, 0.1) is 0 Å². The SMILES string of the molecule is CCCCCCCCc1ccc(N=Nc2ccc(N(CCOCCOC)CCOCCOC)cc2)cc1. The minimum absolute atomic E-state index is 0.591. The second-order valence-electron chi connectivity index (χ2n) is 9.10. The summed E-state index contributed by atoms with van der Waals surface area (Å²) in [4.78, 5) is 2.25. The molecular formula is C30H47N3O4. The highest BCUT2D eigenvalue weighted by Gasteiger charge is 2.07. The van der Waals surface area contributed by atoms with Crippen LogP contribution in [0.15, 0.2) is 58.8 Å². The third-order valence-electron chi connectivity index (χ3n) is 6.13. The van der Waals surface area contributed by atoms with Gasteiger partial charge in [0.15, 0.2) is 0 Å². The summed E-state index contributed by atoms with van der Waals surface area (Å²) in [5.41, 5.74) is 4.17. The number of unbranched alkanes of at least 4 members (excludes halogenated alkanes) is 5. The van der Waals surface area contributed by atoms with Crippen molar-refractivity contribution < 1.29 is 18.9 Å². The number of nitrogens with zero attached hydrogens (tertiary/aromatic N) is 3. The van der Waals surface area contributed by atoms with Gasteiger partial charge in [0.25, 0.3) is 0 Å². The Morgan fingerprint density at radius 3 is 1.65 bits per heavy atom. The maximum Gasteiger partial charge on any atom is 0.0858 e. The number of benzene rings is 2. The summed E-state index contributed by atoms with van der Waals surface area (Å²) in [5.74, 6) is 0. The number of methoxy groups -OCH3 is 2. The first-order valence-corrected chi connectivity index (χ1v) is 13.8. The van der Waals surface area contributed by atoms with Crippen LogP contribution in [0.1, 0.15) is 51.0 Å².